The van der Waals surface area contributed by atoms with Crippen LogP contribution in [-0.4, -0.2) is 11.7 Å². The van der Waals surface area contributed by atoms with E-state index >= 15 is 0 Å². The van der Waals surface area contributed by atoms with E-state index in [4.69, 9.17) is 21.6 Å². The summed E-state index contributed by atoms with van der Waals surface area (Å²) in [6.07, 6.45) is 1.54. The number of methoxy groups -OCH3 is 1. The van der Waals surface area contributed by atoms with Crippen molar-refractivity contribution in [2.75, 3.05) is 7.11 Å². The summed E-state index contributed by atoms with van der Waals surface area (Å²) in [6, 6.07) is 10.3. The highest BCUT2D eigenvalue weighted by molar-refractivity contribution is 6.31. The summed E-state index contributed by atoms with van der Waals surface area (Å²) in [5.74, 6) is 0.696. The number of hydrogen-bond donors (Lipinski definition) is 0. The molecule has 0 aliphatic heterocycles. The summed E-state index contributed by atoms with van der Waals surface area (Å²) < 4.78 is 6.40. The molecule has 0 amide bonds. The molecule has 18 heavy (non-hydrogen) atoms. The van der Waals surface area contributed by atoms with Crippen molar-refractivity contribution in [3.63, 3.8) is 0 Å². The molecule has 1 aromatic heterocycles. The summed E-state index contributed by atoms with van der Waals surface area (Å²) in [5, 5.41) is 9.04. The fourth-order valence-corrected chi connectivity index (χ4v) is 1.74. The third-order valence-corrected chi connectivity index (χ3v) is 2.82. The van der Waals surface area contributed by atoms with Crippen LogP contribution in [0.15, 0.2) is 41.3 Å². The maximum absolute atomic E-state index is 12.0. The molecule has 0 atom stereocenters. The van der Waals surface area contributed by atoms with Crippen LogP contribution in [0.4, 0.5) is 0 Å². The Labute approximate surface area is 109 Å². The average molecular weight is 261 g/mol. The van der Waals surface area contributed by atoms with Crippen molar-refractivity contribution in [1.82, 2.24) is 4.57 Å². The third kappa shape index (κ3) is 2.08. The van der Waals surface area contributed by atoms with Crippen molar-refractivity contribution in [2.45, 2.75) is 0 Å². The second-order valence-electron chi connectivity index (χ2n) is 3.52. The number of pyridine rings is 1. The van der Waals surface area contributed by atoms with E-state index in [1.54, 1.807) is 37.4 Å². The Morgan fingerprint density at radius 2 is 1.94 bits per heavy atom. The van der Waals surface area contributed by atoms with Gasteiger partial charge in [-0.15, -0.1) is 0 Å². The van der Waals surface area contributed by atoms with Crippen molar-refractivity contribution in [3.8, 4) is 17.5 Å². The van der Waals surface area contributed by atoms with Gasteiger partial charge in [-0.25, -0.2) is 0 Å². The Hall–Kier alpha value is -2.25. The fraction of sp³-hybridized carbons (Fsp3) is 0.0769. The Balaban J connectivity index is 2.58. The molecule has 0 aliphatic rings. The number of nitriles is 1. The van der Waals surface area contributed by atoms with Gasteiger partial charge < -0.3 is 4.74 Å². The lowest BCUT2D eigenvalue weighted by molar-refractivity contribution is 0.414. The van der Waals surface area contributed by atoms with E-state index < -0.39 is 5.56 Å². The van der Waals surface area contributed by atoms with Gasteiger partial charge in [-0.05, 0) is 30.3 Å². The van der Waals surface area contributed by atoms with Crippen LogP contribution in [-0.2, 0) is 0 Å². The number of aromatic nitrogens is 1. The predicted octanol–water partition coefficient (Wildman–Crippen LogP) is 2.37. The number of rotatable bonds is 2. The molecule has 1 heterocycles. The number of benzene rings is 1. The number of halogens is 1. The van der Waals surface area contributed by atoms with Crippen LogP contribution in [0.25, 0.3) is 5.69 Å². The molecule has 0 unspecified atom stereocenters. The molecule has 0 saturated heterocycles. The summed E-state index contributed by atoms with van der Waals surface area (Å²) in [5.41, 5.74) is 0.152. The van der Waals surface area contributed by atoms with Crippen LogP contribution < -0.4 is 10.3 Å². The van der Waals surface area contributed by atoms with Gasteiger partial charge in [0.1, 0.15) is 17.4 Å². The largest absolute Gasteiger partial charge is 0.497 e. The molecule has 2 rings (SSSR count). The first kappa shape index (κ1) is 12.2. The summed E-state index contributed by atoms with van der Waals surface area (Å²) in [7, 11) is 1.57. The molecule has 0 radical (unpaired) electrons. The second-order valence-corrected chi connectivity index (χ2v) is 3.93. The average Bonchev–Trinajstić information content (AvgIpc) is 2.40. The van der Waals surface area contributed by atoms with E-state index in [0.29, 0.717) is 11.4 Å². The molecule has 2 aromatic rings. The van der Waals surface area contributed by atoms with Crippen molar-refractivity contribution in [1.29, 1.82) is 5.26 Å². The third-order valence-electron chi connectivity index (χ3n) is 2.50. The van der Waals surface area contributed by atoms with Crippen molar-refractivity contribution >= 4 is 11.6 Å². The maximum Gasteiger partial charge on any atom is 0.274 e. The quantitative estimate of drug-likeness (QED) is 0.833. The first-order valence-corrected chi connectivity index (χ1v) is 5.51. The van der Waals surface area contributed by atoms with Crippen LogP contribution in [0, 0.1) is 11.3 Å². The lowest BCUT2D eigenvalue weighted by Crippen LogP contribution is -2.20. The lowest BCUT2D eigenvalue weighted by atomic mass is 10.2. The van der Waals surface area contributed by atoms with Gasteiger partial charge in [0.05, 0.1) is 12.1 Å². The van der Waals surface area contributed by atoms with Gasteiger partial charge in [-0.3, -0.25) is 9.36 Å². The van der Waals surface area contributed by atoms with Crippen molar-refractivity contribution < 1.29 is 4.74 Å². The highest BCUT2D eigenvalue weighted by Gasteiger charge is 2.09. The smallest absolute Gasteiger partial charge is 0.274 e. The van der Waals surface area contributed by atoms with Crippen LogP contribution >= 0.6 is 11.6 Å². The van der Waals surface area contributed by atoms with Gasteiger partial charge in [-0.2, -0.15) is 5.26 Å². The van der Waals surface area contributed by atoms with Gasteiger partial charge in [0.15, 0.2) is 0 Å². The predicted molar refractivity (Wildman–Crippen MR) is 68.3 cm³/mol. The molecular formula is C13H9ClN2O2. The van der Waals surface area contributed by atoms with E-state index in [2.05, 4.69) is 0 Å². The topological polar surface area (TPSA) is 55.0 Å². The van der Waals surface area contributed by atoms with E-state index in [-0.39, 0.29) is 10.6 Å². The highest BCUT2D eigenvalue weighted by Crippen LogP contribution is 2.16. The van der Waals surface area contributed by atoms with E-state index in [9.17, 15) is 4.79 Å². The van der Waals surface area contributed by atoms with Gasteiger partial charge in [0, 0.05) is 11.9 Å². The minimum absolute atomic E-state index is 0.0602. The SMILES string of the molecule is COc1ccc(-n2ccc(Cl)c(C#N)c2=O)cc1. The molecule has 5 heteroatoms. The summed E-state index contributed by atoms with van der Waals surface area (Å²) in [4.78, 5) is 12.0. The molecule has 4 nitrogen and oxygen atoms in total. The van der Waals surface area contributed by atoms with Gasteiger partial charge >= 0.3 is 0 Å². The Morgan fingerprint density at radius 3 is 2.50 bits per heavy atom. The first-order chi connectivity index (χ1) is 8.67. The van der Waals surface area contributed by atoms with Gasteiger partial charge in [0.25, 0.3) is 5.56 Å². The molecule has 0 saturated carbocycles. The number of ether oxygens (including phenoxy) is 1. The van der Waals surface area contributed by atoms with Gasteiger partial charge in [-0.1, -0.05) is 11.6 Å². The Morgan fingerprint density at radius 1 is 1.28 bits per heavy atom. The van der Waals surface area contributed by atoms with Crippen molar-refractivity contribution in [3.05, 3.63) is 57.5 Å². The number of nitrogens with zero attached hydrogens (tertiary/aromatic N) is 2. The molecule has 0 fully saturated rings. The number of hydrogen-bond acceptors (Lipinski definition) is 3. The molecule has 0 spiro atoms. The molecule has 90 valence electrons. The molecule has 1 aromatic carbocycles. The summed E-state index contributed by atoms with van der Waals surface area (Å²) in [6.45, 7) is 0. The highest BCUT2D eigenvalue weighted by atomic mass is 35.5. The monoisotopic (exact) mass is 260 g/mol. The van der Waals surface area contributed by atoms with Crippen LogP contribution in [0.5, 0.6) is 5.75 Å². The van der Waals surface area contributed by atoms with Crippen molar-refractivity contribution in [2.24, 2.45) is 0 Å². The summed E-state index contributed by atoms with van der Waals surface area (Å²) >= 11 is 5.78. The Kier molecular flexibility index (Phi) is 3.35. The zero-order valence-corrected chi connectivity index (χ0v) is 10.3. The van der Waals surface area contributed by atoms with Crippen LogP contribution in [0.3, 0.4) is 0 Å². The first-order valence-electron chi connectivity index (χ1n) is 5.13. The zero-order chi connectivity index (χ0) is 13.1. The van der Waals surface area contributed by atoms with Crippen LogP contribution in [0.1, 0.15) is 5.56 Å². The van der Waals surface area contributed by atoms with E-state index in [1.807, 2.05) is 0 Å². The standard InChI is InChI=1S/C13H9ClN2O2/c1-18-10-4-2-9(3-5-10)16-7-6-12(14)11(8-15)13(16)17/h2-7H,1H3. The van der Waals surface area contributed by atoms with Crippen LogP contribution in [0.2, 0.25) is 5.02 Å². The fourth-order valence-electron chi connectivity index (χ4n) is 1.56. The van der Waals surface area contributed by atoms with E-state index in [0.717, 1.165) is 0 Å². The van der Waals surface area contributed by atoms with E-state index in [1.165, 1.54) is 16.8 Å². The second kappa shape index (κ2) is 4.94. The Bertz CT molecular complexity index is 669. The molecule has 0 bridgehead atoms. The maximum atomic E-state index is 12.0. The minimum atomic E-state index is -0.435. The normalized spacial score (nSPS) is 9.83. The molecule has 0 aliphatic carbocycles. The zero-order valence-electron chi connectivity index (χ0n) is 9.55. The lowest BCUT2D eigenvalue weighted by Gasteiger charge is -2.07. The molecular weight excluding hydrogens is 252 g/mol. The minimum Gasteiger partial charge on any atom is -0.497 e. The molecule has 0 N–H and O–H groups in total. The van der Waals surface area contributed by atoms with Gasteiger partial charge in [0.2, 0.25) is 0 Å².